The zero-order chi connectivity index (χ0) is 24.9. The van der Waals surface area contributed by atoms with Crippen molar-refractivity contribution in [3.63, 3.8) is 0 Å². The topological polar surface area (TPSA) is 63.1 Å². The number of nitrogens with zero attached hydrogens (tertiary/aromatic N) is 2. The number of aryl methyl sites for hydroxylation is 1. The second kappa shape index (κ2) is 14.8. The maximum absolute atomic E-state index is 11.9. The molecule has 35 heavy (non-hydrogen) atoms. The summed E-state index contributed by atoms with van der Waals surface area (Å²) in [6.07, 6.45) is 21.7. The molecule has 1 aromatic heterocycles. The molecule has 1 saturated carbocycles. The summed E-state index contributed by atoms with van der Waals surface area (Å²) < 4.78 is 0. The third-order valence-electron chi connectivity index (χ3n) is 7.50. The van der Waals surface area contributed by atoms with Gasteiger partial charge in [0.25, 0.3) is 0 Å². The summed E-state index contributed by atoms with van der Waals surface area (Å²) in [6, 6.07) is 8.69. The van der Waals surface area contributed by atoms with Gasteiger partial charge in [-0.1, -0.05) is 82.7 Å². The van der Waals surface area contributed by atoms with Crippen LogP contribution in [0.5, 0.6) is 0 Å². The number of allylic oxidation sites excluding steroid dienone is 1. The molecule has 1 fully saturated rings. The van der Waals surface area contributed by atoms with Crippen LogP contribution in [-0.4, -0.2) is 21.0 Å². The molecule has 4 nitrogen and oxygen atoms in total. The zero-order valence-electron chi connectivity index (χ0n) is 21.8. The summed E-state index contributed by atoms with van der Waals surface area (Å²) in [7, 11) is 0. The van der Waals surface area contributed by atoms with Crippen LogP contribution >= 0.6 is 0 Å². The van der Waals surface area contributed by atoms with E-state index in [0.29, 0.717) is 11.5 Å². The molecule has 0 aliphatic heterocycles. The van der Waals surface area contributed by atoms with E-state index in [9.17, 15) is 9.90 Å². The number of rotatable bonds is 14. The predicted octanol–water partition coefficient (Wildman–Crippen LogP) is 8.52. The number of aromatic nitrogens is 2. The maximum atomic E-state index is 11.9. The van der Waals surface area contributed by atoms with Gasteiger partial charge in [0.05, 0.1) is 0 Å². The van der Waals surface area contributed by atoms with Crippen LogP contribution < -0.4 is 0 Å². The smallest absolute Gasteiger partial charge is 0.331 e. The Balaban J connectivity index is 1.51. The van der Waals surface area contributed by atoms with Crippen molar-refractivity contribution in [2.45, 2.75) is 110 Å². The van der Waals surface area contributed by atoms with E-state index >= 15 is 0 Å². The quantitative estimate of drug-likeness (QED) is 0.219. The van der Waals surface area contributed by atoms with E-state index in [1.807, 2.05) is 18.5 Å². The van der Waals surface area contributed by atoms with Gasteiger partial charge in [0.15, 0.2) is 5.82 Å². The van der Waals surface area contributed by atoms with E-state index in [-0.39, 0.29) is 5.92 Å². The fourth-order valence-electron chi connectivity index (χ4n) is 5.29. The summed E-state index contributed by atoms with van der Waals surface area (Å²) in [5.41, 5.74) is 4.27. The average molecular weight is 477 g/mol. The first kappa shape index (κ1) is 27.1. The fourth-order valence-corrected chi connectivity index (χ4v) is 5.29. The number of carbonyl (C=O) groups is 1. The number of aliphatic carboxylic acids is 1. The van der Waals surface area contributed by atoms with Crippen LogP contribution in [-0.2, 0) is 11.2 Å². The van der Waals surface area contributed by atoms with Crippen LogP contribution in [0, 0.1) is 5.92 Å². The summed E-state index contributed by atoms with van der Waals surface area (Å²) in [5.74, 6) is 0.766. The average Bonchev–Trinajstić information content (AvgIpc) is 2.89. The van der Waals surface area contributed by atoms with Gasteiger partial charge in [0, 0.05) is 23.5 Å². The highest BCUT2D eigenvalue weighted by Crippen LogP contribution is 2.39. The Morgan fingerprint density at radius 1 is 0.886 bits per heavy atom. The maximum Gasteiger partial charge on any atom is 0.331 e. The summed E-state index contributed by atoms with van der Waals surface area (Å²) >= 11 is 0. The molecule has 4 heteroatoms. The van der Waals surface area contributed by atoms with Gasteiger partial charge in [-0.2, -0.15) is 0 Å². The summed E-state index contributed by atoms with van der Waals surface area (Å²) in [4.78, 5) is 21.1. The second-order valence-electron chi connectivity index (χ2n) is 10.2. The van der Waals surface area contributed by atoms with E-state index in [1.165, 1.54) is 56.1 Å². The van der Waals surface area contributed by atoms with Crippen molar-refractivity contribution >= 4 is 5.97 Å². The van der Waals surface area contributed by atoms with Gasteiger partial charge < -0.3 is 5.11 Å². The summed E-state index contributed by atoms with van der Waals surface area (Å²) in [6.45, 7) is 4.44. The van der Waals surface area contributed by atoms with Gasteiger partial charge in [0.1, 0.15) is 0 Å². The lowest BCUT2D eigenvalue weighted by atomic mass is 9.75. The first-order valence-corrected chi connectivity index (χ1v) is 14.0. The van der Waals surface area contributed by atoms with Crippen molar-refractivity contribution in [3.8, 4) is 11.4 Å². The van der Waals surface area contributed by atoms with Crippen molar-refractivity contribution in [1.82, 2.24) is 9.97 Å². The fraction of sp³-hybridized carbons (Fsp3) is 0.581. The molecule has 1 aliphatic carbocycles. The first-order chi connectivity index (χ1) is 17.1. The molecule has 1 heterocycles. The lowest BCUT2D eigenvalue weighted by molar-refractivity contribution is -0.133. The number of carboxylic acid groups (broad SMARTS) is 1. The Labute approximate surface area is 212 Å². The molecule has 0 atom stereocenters. The number of unbranched alkanes of at least 4 members (excludes halogenated alkanes) is 7. The molecule has 1 aromatic carbocycles. The second-order valence-corrected chi connectivity index (χ2v) is 10.2. The van der Waals surface area contributed by atoms with E-state index < -0.39 is 5.97 Å². The molecule has 1 N–H and O–H groups in total. The highest BCUT2D eigenvalue weighted by atomic mass is 16.4. The Bertz CT molecular complexity index is 910. The molecule has 0 spiro atoms. The minimum Gasteiger partial charge on any atom is -0.478 e. The Morgan fingerprint density at radius 2 is 1.51 bits per heavy atom. The third kappa shape index (κ3) is 8.59. The van der Waals surface area contributed by atoms with Crippen LogP contribution in [0.2, 0.25) is 0 Å². The lowest BCUT2D eigenvalue weighted by Crippen LogP contribution is -2.19. The minimum atomic E-state index is -0.720. The highest BCUT2D eigenvalue weighted by Gasteiger charge is 2.27. The van der Waals surface area contributed by atoms with Gasteiger partial charge in [-0.15, -0.1) is 0 Å². The molecule has 1 aliphatic rings. The van der Waals surface area contributed by atoms with Crippen LogP contribution in [0.25, 0.3) is 11.4 Å². The Morgan fingerprint density at radius 3 is 2.14 bits per heavy atom. The van der Waals surface area contributed by atoms with Gasteiger partial charge in [-0.25, -0.2) is 14.8 Å². The number of carboxylic acids is 1. The lowest BCUT2D eigenvalue weighted by Gasteiger charge is -2.29. The standard InChI is InChI=1S/C31H44N2O2/c1-3-5-7-8-9-11-13-29(31(34)35)27-18-14-25(15-19-27)26-16-20-28(21-17-26)30-32-22-24(23-33-30)12-10-6-4-2/h13,16-17,20-23,25,27H,3-12,14-15,18-19H2,1-2H3,(H,34,35)/t25-,27-. The molecule has 0 radical (unpaired) electrons. The zero-order valence-corrected chi connectivity index (χ0v) is 21.8. The Kier molecular flexibility index (Phi) is 11.5. The van der Waals surface area contributed by atoms with E-state index in [2.05, 4.69) is 48.1 Å². The van der Waals surface area contributed by atoms with Crippen molar-refractivity contribution < 1.29 is 9.90 Å². The predicted molar refractivity (Wildman–Crippen MR) is 144 cm³/mol. The summed E-state index contributed by atoms with van der Waals surface area (Å²) in [5, 5.41) is 9.78. The molecule has 190 valence electrons. The molecular weight excluding hydrogens is 432 g/mol. The molecule has 0 amide bonds. The molecule has 2 aromatic rings. The molecular formula is C31H44N2O2. The molecule has 0 bridgehead atoms. The molecule has 3 rings (SSSR count). The number of hydrogen-bond acceptors (Lipinski definition) is 3. The number of benzene rings is 1. The Hall–Kier alpha value is -2.49. The van der Waals surface area contributed by atoms with Crippen LogP contribution in [0.1, 0.15) is 114 Å². The highest BCUT2D eigenvalue weighted by molar-refractivity contribution is 5.87. The SMILES string of the molecule is CCCCCCCC=C(C(=O)O)[C@H]1CC[C@H](c2ccc(-c3ncc(CCCCC)cn3)cc2)CC1. The van der Waals surface area contributed by atoms with E-state index in [0.717, 1.165) is 56.3 Å². The van der Waals surface area contributed by atoms with E-state index in [1.54, 1.807) is 0 Å². The molecule has 0 saturated heterocycles. The van der Waals surface area contributed by atoms with Gasteiger partial charge in [-0.05, 0) is 74.3 Å². The monoisotopic (exact) mass is 476 g/mol. The van der Waals surface area contributed by atoms with Crippen LogP contribution in [0.3, 0.4) is 0 Å². The third-order valence-corrected chi connectivity index (χ3v) is 7.50. The van der Waals surface area contributed by atoms with Crippen LogP contribution in [0.4, 0.5) is 0 Å². The van der Waals surface area contributed by atoms with Crippen molar-refractivity contribution in [2.24, 2.45) is 5.92 Å². The van der Waals surface area contributed by atoms with Crippen molar-refractivity contribution in [3.05, 3.63) is 59.4 Å². The van der Waals surface area contributed by atoms with E-state index in [4.69, 9.17) is 0 Å². The van der Waals surface area contributed by atoms with Crippen LogP contribution in [0.15, 0.2) is 48.3 Å². The number of hydrogen-bond donors (Lipinski definition) is 1. The molecule has 0 unspecified atom stereocenters. The van der Waals surface area contributed by atoms with Crippen molar-refractivity contribution in [1.29, 1.82) is 0 Å². The minimum absolute atomic E-state index is 0.197. The van der Waals surface area contributed by atoms with Gasteiger partial charge in [-0.3, -0.25) is 0 Å². The van der Waals surface area contributed by atoms with Gasteiger partial charge in [0.2, 0.25) is 0 Å². The van der Waals surface area contributed by atoms with Gasteiger partial charge >= 0.3 is 5.97 Å². The normalized spacial score (nSPS) is 18.5. The first-order valence-electron chi connectivity index (χ1n) is 14.0. The largest absolute Gasteiger partial charge is 0.478 e. The van der Waals surface area contributed by atoms with Crippen molar-refractivity contribution in [2.75, 3.05) is 0 Å².